The molecule has 0 aliphatic heterocycles. The van der Waals surface area contributed by atoms with Gasteiger partial charge in [0, 0.05) is 29.4 Å². The molecule has 0 bridgehead atoms. The number of nitrogens with zero attached hydrogens (tertiary/aromatic N) is 6. The van der Waals surface area contributed by atoms with Gasteiger partial charge in [-0.3, -0.25) is 37.9 Å². The minimum Gasteiger partial charge on any atom is -0.464 e. The molecule has 2 atom stereocenters. The summed E-state index contributed by atoms with van der Waals surface area (Å²) in [6, 6.07) is 20.4. The van der Waals surface area contributed by atoms with Gasteiger partial charge in [-0.05, 0) is 87.1 Å². The molecule has 0 fully saturated rings. The number of nitrogens with two attached hydrogens (primary N) is 1. The normalized spacial score (nSPS) is 12.2. The predicted octanol–water partition coefficient (Wildman–Crippen LogP) is 4.42. The molecule has 0 saturated carbocycles. The first-order valence-corrected chi connectivity index (χ1v) is 20.2. The number of H-pyrrole nitrogens is 1. The van der Waals surface area contributed by atoms with Crippen molar-refractivity contribution in [2.24, 2.45) is 5.73 Å². The Morgan fingerprint density at radius 3 is 1.83 bits per heavy atom. The van der Waals surface area contributed by atoms with Crippen LogP contribution in [0.25, 0.3) is 33.5 Å². The van der Waals surface area contributed by atoms with Crippen LogP contribution in [0.1, 0.15) is 56.6 Å². The van der Waals surface area contributed by atoms with Crippen LogP contribution in [-0.4, -0.2) is 81.3 Å². The van der Waals surface area contributed by atoms with Crippen molar-refractivity contribution in [1.82, 2.24) is 44.7 Å². The van der Waals surface area contributed by atoms with Crippen LogP contribution < -0.4 is 21.7 Å². The zero-order valence-electron chi connectivity index (χ0n) is 34.6. The fraction of sp³-hybridized carbons (Fsp3) is 0.174. The number of ketones is 2. The number of aromatic amines is 1. The van der Waals surface area contributed by atoms with E-state index in [9.17, 15) is 28.8 Å². The summed E-state index contributed by atoms with van der Waals surface area (Å²) < 4.78 is 8.79. The molecule has 322 valence electrons. The van der Waals surface area contributed by atoms with Crippen molar-refractivity contribution < 1.29 is 33.2 Å². The van der Waals surface area contributed by atoms with Gasteiger partial charge < -0.3 is 31.1 Å². The lowest BCUT2D eigenvalue weighted by atomic mass is 10.00. The summed E-state index contributed by atoms with van der Waals surface area (Å²) in [6.45, 7) is 3.42. The third kappa shape index (κ3) is 8.64. The zero-order chi connectivity index (χ0) is 44.9. The number of pyridine rings is 2. The monoisotopic (exact) mass is 859 g/mol. The number of hydrogen-bond donors (Lipinski definition) is 5. The highest BCUT2D eigenvalue weighted by atomic mass is 16.3. The van der Waals surface area contributed by atoms with Crippen LogP contribution >= 0.6 is 0 Å². The minimum absolute atomic E-state index is 0.0155. The second-order valence-electron chi connectivity index (χ2n) is 14.9. The third-order valence-electron chi connectivity index (χ3n) is 10.8. The van der Waals surface area contributed by atoms with Crippen molar-refractivity contribution >= 4 is 62.8 Å². The van der Waals surface area contributed by atoms with E-state index in [1.165, 1.54) is 17.0 Å². The average molecular weight is 860 g/mol. The van der Waals surface area contributed by atoms with Crippen molar-refractivity contribution in [1.29, 1.82) is 0 Å². The second-order valence-corrected chi connectivity index (χ2v) is 14.9. The number of rotatable bonds is 17. The van der Waals surface area contributed by atoms with Crippen molar-refractivity contribution in [2.75, 3.05) is 5.32 Å². The highest BCUT2D eigenvalue weighted by molar-refractivity contribution is 6.43. The van der Waals surface area contributed by atoms with Gasteiger partial charge in [0.05, 0.1) is 41.9 Å². The van der Waals surface area contributed by atoms with E-state index in [4.69, 9.17) is 10.2 Å². The van der Waals surface area contributed by atoms with Crippen molar-refractivity contribution in [3.8, 4) is 11.6 Å². The number of aromatic nitrogens is 7. The molecule has 0 aliphatic carbocycles. The van der Waals surface area contributed by atoms with Gasteiger partial charge in [-0.25, -0.2) is 19.9 Å². The summed E-state index contributed by atoms with van der Waals surface area (Å²) in [5.41, 5.74) is 8.51. The SMILES string of the molecule is Cc1ncc(C(=O)NC(CCc2c[nH]c3c(NC(=O)C(=O)C(CCc4coc5ccccc45)NC(=O)c4cnc(C)n4-c4ccccn4)cccc23)C(=O)C(N)=O)n1-c1ccccn1. The van der Waals surface area contributed by atoms with E-state index in [1.807, 2.05) is 24.3 Å². The first-order valence-electron chi connectivity index (χ1n) is 20.2. The number of benzene rings is 2. The zero-order valence-corrected chi connectivity index (χ0v) is 34.6. The number of para-hydroxylation sites is 2. The van der Waals surface area contributed by atoms with Gasteiger partial charge in [-0.15, -0.1) is 0 Å². The molecule has 4 amide bonds. The van der Waals surface area contributed by atoms with Crippen molar-refractivity contribution in [3.05, 3.63) is 150 Å². The van der Waals surface area contributed by atoms with E-state index in [1.54, 1.807) is 97.9 Å². The Kier molecular flexibility index (Phi) is 12.0. The topological polar surface area (TPSA) is 255 Å². The third-order valence-corrected chi connectivity index (χ3v) is 10.8. The van der Waals surface area contributed by atoms with E-state index in [0.29, 0.717) is 51.8 Å². The smallest absolute Gasteiger partial charge is 0.294 e. The Labute approximate surface area is 364 Å². The molecular formula is C46H41N11O7. The Balaban J connectivity index is 1.00. The van der Waals surface area contributed by atoms with E-state index < -0.39 is 47.3 Å². The summed E-state index contributed by atoms with van der Waals surface area (Å²) in [5.74, 6) is -3.51. The number of imidazole rings is 2. The van der Waals surface area contributed by atoms with Crippen LogP contribution in [0, 0.1) is 13.8 Å². The molecule has 6 aromatic heterocycles. The molecule has 0 aliphatic rings. The Morgan fingerprint density at radius 2 is 1.23 bits per heavy atom. The minimum atomic E-state index is -1.29. The molecule has 18 heteroatoms. The largest absolute Gasteiger partial charge is 0.464 e. The Bertz CT molecular complexity index is 3060. The number of carbonyl (C=O) groups is 6. The van der Waals surface area contributed by atoms with E-state index in [-0.39, 0.29) is 36.3 Å². The highest BCUT2D eigenvalue weighted by Crippen LogP contribution is 2.28. The lowest BCUT2D eigenvalue weighted by Gasteiger charge is -2.18. The van der Waals surface area contributed by atoms with Gasteiger partial charge in [0.2, 0.25) is 11.6 Å². The molecule has 0 radical (unpaired) electrons. The van der Waals surface area contributed by atoms with Gasteiger partial charge in [-0.1, -0.05) is 42.5 Å². The van der Waals surface area contributed by atoms with Crippen LogP contribution in [0.15, 0.2) is 121 Å². The Morgan fingerprint density at radius 1 is 0.672 bits per heavy atom. The van der Waals surface area contributed by atoms with Gasteiger partial charge in [0.15, 0.2) is 0 Å². The first-order chi connectivity index (χ1) is 31.0. The maximum absolute atomic E-state index is 14.1. The highest BCUT2D eigenvalue weighted by Gasteiger charge is 2.31. The predicted molar refractivity (Wildman–Crippen MR) is 234 cm³/mol. The van der Waals surface area contributed by atoms with Crippen LogP contribution in [0.4, 0.5) is 5.69 Å². The standard InChI is InChI=1S/C46H41N11O7/c1-26-50-23-35(56(26)38-14-5-7-20-48-38)44(61)54-33(41(58)43(47)60)18-16-28-22-52-40-31(28)11-9-12-32(40)53-46(63)42(59)34(19-17-29-25-64-37-13-4-3-10-30(29)37)55-45(62)36-24-51-27(2)57(36)39-15-6-8-21-49-39/h3-15,20-25,33-34,52H,16-19H2,1-2H3,(H2,47,60)(H,53,63)(H,54,61)(H,55,62). The number of hydrogen-bond acceptors (Lipinski definition) is 11. The lowest BCUT2D eigenvalue weighted by molar-refractivity contribution is -0.137. The number of amides is 4. The van der Waals surface area contributed by atoms with Crippen LogP contribution in [0.3, 0.4) is 0 Å². The van der Waals surface area contributed by atoms with Crippen molar-refractivity contribution in [2.45, 2.75) is 51.6 Å². The average Bonchev–Trinajstić information content (AvgIpc) is 4.12. The molecule has 18 nitrogen and oxygen atoms in total. The number of furan rings is 1. The molecule has 8 aromatic rings. The van der Waals surface area contributed by atoms with Gasteiger partial charge in [0.1, 0.15) is 40.3 Å². The van der Waals surface area contributed by atoms with Crippen LogP contribution in [0.5, 0.6) is 0 Å². The number of anilines is 1. The summed E-state index contributed by atoms with van der Waals surface area (Å²) in [5, 5.41) is 9.63. The summed E-state index contributed by atoms with van der Waals surface area (Å²) in [7, 11) is 0. The molecule has 0 spiro atoms. The molecule has 0 saturated heterocycles. The Hall–Kier alpha value is -8.54. The molecule has 6 N–H and O–H groups in total. The lowest BCUT2D eigenvalue weighted by Crippen LogP contribution is -2.46. The quantitative estimate of drug-likeness (QED) is 0.0802. The van der Waals surface area contributed by atoms with Gasteiger partial charge in [-0.2, -0.15) is 0 Å². The maximum atomic E-state index is 14.1. The number of Topliss-reactive ketones (excluding diaryl/α,β-unsaturated/α-hetero) is 2. The van der Waals surface area contributed by atoms with E-state index >= 15 is 0 Å². The number of primary amides is 1. The van der Waals surface area contributed by atoms with Crippen LogP contribution in [0.2, 0.25) is 0 Å². The second kappa shape index (κ2) is 18.2. The molecule has 64 heavy (non-hydrogen) atoms. The number of aryl methyl sites for hydroxylation is 4. The molecular weight excluding hydrogens is 819 g/mol. The van der Waals surface area contributed by atoms with Crippen LogP contribution in [-0.2, 0) is 32.0 Å². The summed E-state index contributed by atoms with van der Waals surface area (Å²) >= 11 is 0. The fourth-order valence-corrected chi connectivity index (χ4v) is 7.62. The molecule has 6 heterocycles. The first kappa shape index (κ1) is 42.2. The van der Waals surface area contributed by atoms with E-state index in [0.717, 1.165) is 10.9 Å². The number of carbonyl (C=O) groups excluding carboxylic acids is 6. The molecule has 2 unspecified atom stereocenters. The van der Waals surface area contributed by atoms with Gasteiger partial charge in [0.25, 0.3) is 23.6 Å². The summed E-state index contributed by atoms with van der Waals surface area (Å²) in [4.78, 5) is 101. The fourth-order valence-electron chi connectivity index (χ4n) is 7.62. The van der Waals surface area contributed by atoms with Crippen molar-refractivity contribution in [3.63, 3.8) is 0 Å². The van der Waals surface area contributed by atoms with E-state index in [2.05, 4.69) is 40.9 Å². The van der Waals surface area contributed by atoms with Gasteiger partial charge >= 0.3 is 0 Å². The molecule has 8 rings (SSSR count). The number of nitrogens with one attached hydrogen (secondary N) is 4. The maximum Gasteiger partial charge on any atom is 0.294 e. The molecule has 2 aromatic carbocycles. The summed E-state index contributed by atoms with van der Waals surface area (Å²) in [6.07, 6.45) is 9.67. The number of fused-ring (bicyclic) bond motifs is 2.